The van der Waals surface area contributed by atoms with Crippen molar-refractivity contribution in [3.63, 3.8) is 0 Å². The van der Waals surface area contributed by atoms with Gasteiger partial charge < -0.3 is 10.2 Å². The Morgan fingerprint density at radius 1 is 1.38 bits per heavy atom. The molecular formula is C16H19N3OS. The highest BCUT2D eigenvalue weighted by Crippen LogP contribution is 2.32. The van der Waals surface area contributed by atoms with Crippen LogP contribution in [0.25, 0.3) is 0 Å². The first-order valence-corrected chi connectivity index (χ1v) is 8.11. The standard InChI is InChI=1S/C16H19N3OS/c1-11(14-10-21-12(2)18-14)17-13-6-3-4-7-15(13)19-9-5-8-16(19)20/h3-4,6-7,10-11,17H,5,8-9H2,1-2H3. The van der Waals surface area contributed by atoms with Crippen molar-refractivity contribution in [3.8, 4) is 0 Å². The summed E-state index contributed by atoms with van der Waals surface area (Å²) in [6.45, 7) is 4.91. The van der Waals surface area contributed by atoms with E-state index in [0.717, 1.165) is 35.0 Å². The zero-order chi connectivity index (χ0) is 14.8. The van der Waals surface area contributed by atoms with E-state index in [4.69, 9.17) is 0 Å². The number of hydrogen-bond acceptors (Lipinski definition) is 4. The number of rotatable bonds is 4. The normalized spacial score (nSPS) is 16.3. The SMILES string of the molecule is Cc1nc(C(C)Nc2ccccc2N2CCCC2=O)cs1. The largest absolute Gasteiger partial charge is 0.375 e. The molecule has 4 nitrogen and oxygen atoms in total. The second-order valence-corrected chi connectivity index (χ2v) is 6.39. The maximum Gasteiger partial charge on any atom is 0.227 e. The minimum Gasteiger partial charge on any atom is -0.375 e. The second kappa shape index (κ2) is 5.85. The molecule has 1 unspecified atom stereocenters. The maximum atomic E-state index is 12.0. The average Bonchev–Trinajstić information content (AvgIpc) is 3.08. The van der Waals surface area contributed by atoms with Crippen molar-refractivity contribution < 1.29 is 4.79 Å². The van der Waals surface area contributed by atoms with E-state index in [1.807, 2.05) is 36.1 Å². The monoisotopic (exact) mass is 301 g/mol. The maximum absolute atomic E-state index is 12.0. The van der Waals surface area contributed by atoms with Crippen LogP contribution in [0, 0.1) is 6.92 Å². The molecule has 1 aliphatic heterocycles. The van der Waals surface area contributed by atoms with E-state index in [-0.39, 0.29) is 11.9 Å². The summed E-state index contributed by atoms with van der Waals surface area (Å²) in [7, 11) is 0. The molecule has 0 bridgehead atoms. The van der Waals surface area contributed by atoms with Gasteiger partial charge in [0.2, 0.25) is 5.91 Å². The summed E-state index contributed by atoms with van der Waals surface area (Å²) in [4.78, 5) is 18.4. The Morgan fingerprint density at radius 2 is 2.19 bits per heavy atom. The van der Waals surface area contributed by atoms with E-state index < -0.39 is 0 Å². The summed E-state index contributed by atoms with van der Waals surface area (Å²) in [5.41, 5.74) is 3.00. The van der Waals surface area contributed by atoms with Gasteiger partial charge in [0.05, 0.1) is 28.1 Å². The van der Waals surface area contributed by atoms with Crippen LogP contribution in [-0.2, 0) is 4.79 Å². The molecule has 1 fully saturated rings. The molecule has 1 N–H and O–H groups in total. The number of carbonyl (C=O) groups is 1. The van der Waals surface area contributed by atoms with Crippen LogP contribution in [0.4, 0.5) is 11.4 Å². The van der Waals surface area contributed by atoms with Crippen molar-refractivity contribution in [1.82, 2.24) is 4.98 Å². The Labute approximate surface area is 128 Å². The molecule has 1 atom stereocenters. The Balaban J connectivity index is 1.84. The molecule has 110 valence electrons. The van der Waals surface area contributed by atoms with E-state index in [2.05, 4.69) is 22.6 Å². The van der Waals surface area contributed by atoms with Crippen molar-refractivity contribution in [3.05, 3.63) is 40.3 Å². The van der Waals surface area contributed by atoms with Crippen molar-refractivity contribution in [2.75, 3.05) is 16.8 Å². The van der Waals surface area contributed by atoms with Gasteiger partial charge in [0.25, 0.3) is 0 Å². The fraction of sp³-hybridized carbons (Fsp3) is 0.375. The lowest BCUT2D eigenvalue weighted by Gasteiger charge is -2.22. The summed E-state index contributed by atoms with van der Waals surface area (Å²) in [5, 5.41) is 6.64. The number of thiazole rings is 1. The summed E-state index contributed by atoms with van der Waals surface area (Å²) in [6.07, 6.45) is 1.59. The minimum atomic E-state index is 0.119. The Bertz CT molecular complexity index is 652. The zero-order valence-electron chi connectivity index (χ0n) is 12.3. The third-order valence-corrected chi connectivity index (χ3v) is 4.51. The molecular weight excluding hydrogens is 282 g/mol. The van der Waals surface area contributed by atoms with Crippen molar-refractivity contribution in [2.24, 2.45) is 0 Å². The fourth-order valence-electron chi connectivity index (χ4n) is 2.62. The molecule has 1 aromatic carbocycles. The van der Waals surface area contributed by atoms with E-state index in [1.54, 1.807) is 11.3 Å². The first kappa shape index (κ1) is 14.1. The number of nitrogens with one attached hydrogen (secondary N) is 1. The van der Waals surface area contributed by atoms with Crippen LogP contribution in [0.3, 0.4) is 0 Å². The molecule has 0 radical (unpaired) electrons. The lowest BCUT2D eigenvalue weighted by Crippen LogP contribution is -2.25. The van der Waals surface area contributed by atoms with Gasteiger partial charge in [-0.2, -0.15) is 0 Å². The van der Waals surface area contributed by atoms with Gasteiger partial charge in [-0.15, -0.1) is 11.3 Å². The Morgan fingerprint density at radius 3 is 2.86 bits per heavy atom. The molecule has 2 heterocycles. The van der Waals surface area contributed by atoms with Crippen LogP contribution in [0.2, 0.25) is 0 Å². The summed E-state index contributed by atoms with van der Waals surface area (Å²) in [5.74, 6) is 0.210. The lowest BCUT2D eigenvalue weighted by atomic mass is 10.2. The molecule has 1 aliphatic rings. The zero-order valence-corrected chi connectivity index (χ0v) is 13.1. The molecule has 0 aliphatic carbocycles. The quantitative estimate of drug-likeness (QED) is 0.935. The number of aryl methyl sites for hydroxylation is 1. The summed E-state index contributed by atoms with van der Waals surface area (Å²) in [6, 6.07) is 8.12. The van der Waals surface area contributed by atoms with Gasteiger partial charge in [-0.1, -0.05) is 12.1 Å². The molecule has 21 heavy (non-hydrogen) atoms. The smallest absolute Gasteiger partial charge is 0.227 e. The highest BCUT2D eigenvalue weighted by Gasteiger charge is 2.24. The van der Waals surface area contributed by atoms with E-state index in [9.17, 15) is 4.79 Å². The summed E-state index contributed by atoms with van der Waals surface area (Å²) < 4.78 is 0. The average molecular weight is 301 g/mol. The number of para-hydroxylation sites is 2. The fourth-order valence-corrected chi connectivity index (χ4v) is 3.33. The summed E-state index contributed by atoms with van der Waals surface area (Å²) >= 11 is 1.66. The highest BCUT2D eigenvalue weighted by molar-refractivity contribution is 7.09. The molecule has 5 heteroatoms. The van der Waals surface area contributed by atoms with E-state index in [1.165, 1.54) is 0 Å². The van der Waals surface area contributed by atoms with E-state index >= 15 is 0 Å². The van der Waals surface area contributed by atoms with Crippen molar-refractivity contribution in [2.45, 2.75) is 32.7 Å². The van der Waals surface area contributed by atoms with Crippen LogP contribution in [-0.4, -0.2) is 17.4 Å². The first-order valence-electron chi connectivity index (χ1n) is 7.23. The van der Waals surface area contributed by atoms with Gasteiger partial charge >= 0.3 is 0 Å². The topological polar surface area (TPSA) is 45.2 Å². The number of anilines is 2. The molecule has 2 aromatic rings. The number of carbonyl (C=O) groups excluding carboxylic acids is 1. The van der Waals surface area contributed by atoms with Gasteiger partial charge in [0, 0.05) is 18.3 Å². The third kappa shape index (κ3) is 2.93. The van der Waals surface area contributed by atoms with Crippen molar-refractivity contribution in [1.29, 1.82) is 0 Å². The Kier molecular flexibility index (Phi) is 3.92. The Hall–Kier alpha value is -1.88. The van der Waals surface area contributed by atoms with Crippen LogP contribution < -0.4 is 10.2 Å². The molecule has 1 aromatic heterocycles. The van der Waals surface area contributed by atoms with Gasteiger partial charge in [-0.05, 0) is 32.4 Å². The third-order valence-electron chi connectivity index (χ3n) is 3.72. The predicted octanol–water partition coefficient (Wildman–Crippen LogP) is 3.75. The second-order valence-electron chi connectivity index (χ2n) is 5.32. The molecule has 0 saturated carbocycles. The molecule has 0 spiro atoms. The van der Waals surface area contributed by atoms with Gasteiger partial charge in [0.1, 0.15) is 0 Å². The lowest BCUT2D eigenvalue weighted by molar-refractivity contribution is -0.117. The molecule has 1 saturated heterocycles. The molecule has 1 amide bonds. The highest BCUT2D eigenvalue weighted by atomic mass is 32.1. The minimum absolute atomic E-state index is 0.119. The number of benzene rings is 1. The number of nitrogens with zero attached hydrogens (tertiary/aromatic N) is 2. The van der Waals surface area contributed by atoms with E-state index in [0.29, 0.717) is 6.42 Å². The van der Waals surface area contributed by atoms with Gasteiger partial charge in [-0.3, -0.25) is 4.79 Å². The van der Waals surface area contributed by atoms with Gasteiger partial charge in [0.15, 0.2) is 0 Å². The number of amides is 1. The van der Waals surface area contributed by atoms with Crippen LogP contribution in [0.1, 0.15) is 36.5 Å². The van der Waals surface area contributed by atoms with Gasteiger partial charge in [-0.25, -0.2) is 4.98 Å². The van der Waals surface area contributed by atoms with Crippen molar-refractivity contribution >= 4 is 28.6 Å². The number of aromatic nitrogens is 1. The molecule has 3 rings (SSSR count). The van der Waals surface area contributed by atoms with Crippen LogP contribution in [0.5, 0.6) is 0 Å². The van der Waals surface area contributed by atoms with Crippen LogP contribution >= 0.6 is 11.3 Å². The van der Waals surface area contributed by atoms with Crippen LogP contribution in [0.15, 0.2) is 29.6 Å². The predicted molar refractivity (Wildman–Crippen MR) is 86.9 cm³/mol. The first-order chi connectivity index (χ1) is 10.1. The number of hydrogen-bond donors (Lipinski definition) is 1.